The van der Waals surface area contributed by atoms with Crippen molar-refractivity contribution < 1.29 is 0 Å². The van der Waals surface area contributed by atoms with Crippen LogP contribution < -0.4 is 10.9 Å². The zero-order valence-electron chi connectivity index (χ0n) is 11.8. The van der Waals surface area contributed by atoms with Crippen LogP contribution in [0.2, 0.25) is 0 Å². The van der Waals surface area contributed by atoms with Gasteiger partial charge in [0.05, 0.1) is 29.5 Å². The molecule has 0 atom stereocenters. The first kappa shape index (κ1) is 13.3. The van der Waals surface area contributed by atoms with E-state index in [1.807, 2.05) is 37.3 Å². The van der Waals surface area contributed by atoms with Gasteiger partial charge in [-0.1, -0.05) is 12.1 Å². The summed E-state index contributed by atoms with van der Waals surface area (Å²) in [7, 11) is 0. The van der Waals surface area contributed by atoms with Crippen LogP contribution in [-0.2, 0) is 6.54 Å². The van der Waals surface area contributed by atoms with Crippen LogP contribution in [0.1, 0.15) is 12.6 Å². The average molecular weight is 280 g/mol. The second-order valence-corrected chi connectivity index (χ2v) is 4.76. The number of fused-ring (bicyclic) bond motifs is 1. The Balaban J connectivity index is 1.96. The first-order valence-corrected chi connectivity index (χ1v) is 6.91. The molecule has 0 aliphatic carbocycles. The number of para-hydroxylation sites is 1. The number of hydrogen-bond donors (Lipinski definition) is 1. The summed E-state index contributed by atoms with van der Waals surface area (Å²) in [6.45, 7) is 3.30. The number of nitrogens with one attached hydrogen (secondary N) is 1. The molecule has 0 aliphatic rings. The van der Waals surface area contributed by atoms with Crippen LogP contribution >= 0.6 is 0 Å². The second kappa shape index (κ2) is 5.75. The third-order valence-electron chi connectivity index (χ3n) is 3.26. The number of benzene rings is 1. The van der Waals surface area contributed by atoms with Crippen LogP contribution in [0.25, 0.3) is 10.9 Å². The van der Waals surface area contributed by atoms with Crippen LogP contribution in [0.3, 0.4) is 0 Å². The van der Waals surface area contributed by atoms with E-state index < -0.39 is 0 Å². The summed E-state index contributed by atoms with van der Waals surface area (Å²) < 4.78 is 1.58. The Kier molecular flexibility index (Phi) is 3.64. The molecule has 0 saturated heterocycles. The van der Waals surface area contributed by atoms with E-state index in [9.17, 15) is 4.79 Å². The molecule has 0 bridgehead atoms. The lowest BCUT2D eigenvalue weighted by molar-refractivity contribution is 0.730. The standard InChI is InChI=1S/C16H16N4O/c1-2-17-12-7-8-18-13(9-12)10-20-11-19-15-6-4-3-5-14(15)16(20)21/h3-9,11H,2,10H2,1H3,(H,17,18). The molecule has 0 fully saturated rings. The largest absolute Gasteiger partial charge is 0.385 e. The Morgan fingerprint density at radius 3 is 2.90 bits per heavy atom. The molecule has 3 rings (SSSR count). The maximum atomic E-state index is 12.4. The van der Waals surface area contributed by atoms with Crippen molar-refractivity contribution in [3.8, 4) is 0 Å². The number of nitrogens with zero attached hydrogens (tertiary/aromatic N) is 3. The number of pyridine rings is 1. The lowest BCUT2D eigenvalue weighted by Crippen LogP contribution is -2.21. The van der Waals surface area contributed by atoms with Crippen LogP contribution in [0, 0.1) is 0 Å². The normalized spacial score (nSPS) is 10.7. The third-order valence-corrected chi connectivity index (χ3v) is 3.26. The molecule has 2 heterocycles. The maximum Gasteiger partial charge on any atom is 0.261 e. The molecule has 21 heavy (non-hydrogen) atoms. The molecule has 3 aromatic rings. The minimum absolute atomic E-state index is 0.0451. The minimum Gasteiger partial charge on any atom is -0.385 e. The number of anilines is 1. The van der Waals surface area contributed by atoms with E-state index in [-0.39, 0.29) is 5.56 Å². The van der Waals surface area contributed by atoms with Gasteiger partial charge in [0.15, 0.2) is 0 Å². The lowest BCUT2D eigenvalue weighted by Gasteiger charge is -2.08. The summed E-state index contributed by atoms with van der Waals surface area (Å²) in [6.07, 6.45) is 3.32. The van der Waals surface area contributed by atoms with Gasteiger partial charge < -0.3 is 5.32 Å². The Morgan fingerprint density at radius 2 is 2.05 bits per heavy atom. The van der Waals surface area contributed by atoms with E-state index in [0.29, 0.717) is 17.4 Å². The van der Waals surface area contributed by atoms with E-state index in [1.54, 1.807) is 23.2 Å². The average Bonchev–Trinajstić information content (AvgIpc) is 2.51. The third kappa shape index (κ3) is 2.76. The fraction of sp³-hybridized carbons (Fsp3) is 0.188. The van der Waals surface area contributed by atoms with Crippen molar-refractivity contribution in [2.24, 2.45) is 0 Å². The molecular formula is C16H16N4O. The first-order valence-electron chi connectivity index (χ1n) is 6.91. The van der Waals surface area contributed by atoms with Crippen molar-refractivity contribution in [3.63, 3.8) is 0 Å². The SMILES string of the molecule is CCNc1ccnc(Cn2cnc3ccccc3c2=O)c1. The van der Waals surface area contributed by atoms with E-state index in [0.717, 1.165) is 17.9 Å². The van der Waals surface area contributed by atoms with Gasteiger partial charge in [0.1, 0.15) is 0 Å². The topological polar surface area (TPSA) is 59.8 Å². The summed E-state index contributed by atoms with van der Waals surface area (Å²) in [4.78, 5) is 21.1. The van der Waals surface area contributed by atoms with Gasteiger partial charge in [-0.2, -0.15) is 0 Å². The van der Waals surface area contributed by atoms with Crippen molar-refractivity contribution in [3.05, 3.63) is 65.0 Å². The molecule has 0 radical (unpaired) electrons. The molecule has 0 amide bonds. The Bertz CT molecular complexity index is 826. The summed E-state index contributed by atoms with van der Waals surface area (Å²) in [5.41, 5.74) is 2.50. The molecular weight excluding hydrogens is 264 g/mol. The van der Waals surface area contributed by atoms with Crippen LogP contribution in [0.5, 0.6) is 0 Å². The summed E-state index contributed by atoms with van der Waals surface area (Å²) in [5, 5.41) is 3.86. The van der Waals surface area contributed by atoms with Gasteiger partial charge in [0.2, 0.25) is 0 Å². The van der Waals surface area contributed by atoms with Gasteiger partial charge in [-0.05, 0) is 31.2 Å². The summed E-state index contributed by atoms with van der Waals surface area (Å²) in [5.74, 6) is 0. The zero-order valence-corrected chi connectivity index (χ0v) is 11.8. The highest BCUT2D eigenvalue weighted by Crippen LogP contribution is 2.09. The van der Waals surface area contributed by atoms with E-state index in [1.165, 1.54) is 0 Å². The fourth-order valence-electron chi connectivity index (χ4n) is 2.27. The van der Waals surface area contributed by atoms with E-state index in [4.69, 9.17) is 0 Å². The maximum absolute atomic E-state index is 12.4. The number of rotatable bonds is 4. The Hall–Kier alpha value is -2.69. The van der Waals surface area contributed by atoms with Crippen LogP contribution in [0.15, 0.2) is 53.7 Å². The molecule has 1 aromatic carbocycles. The van der Waals surface area contributed by atoms with Gasteiger partial charge in [0, 0.05) is 18.4 Å². The minimum atomic E-state index is -0.0451. The predicted octanol–water partition coefficient (Wildman–Crippen LogP) is 2.27. The molecule has 5 nitrogen and oxygen atoms in total. The molecule has 1 N–H and O–H groups in total. The van der Waals surface area contributed by atoms with Gasteiger partial charge in [-0.15, -0.1) is 0 Å². The van der Waals surface area contributed by atoms with Crippen LogP contribution in [-0.4, -0.2) is 21.1 Å². The molecule has 5 heteroatoms. The van der Waals surface area contributed by atoms with E-state index >= 15 is 0 Å². The van der Waals surface area contributed by atoms with Gasteiger partial charge in [-0.3, -0.25) is 14.3 Å². The van der Waals surface area contributed by atoms with Crippen molar-refractivity contribution in [1.82, 2.24) is 14.5 Å². The number of aromatic nitrogens is 3. The monoisotopic (exact) mass is 280 g/mol. The number of hydrogen-bond acceptors (Lipinski definition) is 4. The second-order valence-electron chi connectivity index (χ2n) is 4.76. The van der Waals surface area contributed by atoms with Crippen molar-refractivity contribution >= 4 is 16.6 Å². The molecule has 106 valence electrons. The predicted molar refractivity (Wildman–Crippen MR) is 83.5 cm³/mol. The highest BCUT2D eigenvalue weighted by molar-refractivity contribution is 5.76. The molecule has 0 unspecified atom stereocenters. The Labute approximate surface area is 122 Å². The zero-order chi connectivity index (χ0) is 14.7. The van der Waals surface area contributed by atoms with Crippen LogP contribution in [0.4, 0.5) is 5.69 Å². The molecule has 2 aromatic heterocycles. The van der Waals surface area contributed by atoms with Gasteiger partial charge in [0.25, 0.3) is 5.56 Å². The van der Waals surface area contributed by atoms with Gasteiger partial charge >= 0.3 is 0 Å². The van der Waals surface area contributed by atoms with Gasteiger partial charge in [-0.25, -0.2) is 4.98 Å². The van der Waals surface area contributed by atoms with Crippen molar-refractivity contribution in [2.45, 2.75) is 13.5 Å². The fourth-order valence-corrected chi connectivity index (χ4v) is 2.27. The molecule has 0 aliphatic heterocycles. The van der Waals surface area contributed by atoms with E-state index in [2.05, 4.69) is 15.3 Å². The quantitative estimate of drug-likeness (QED) is 0.796. The van der Waals surface area contributed by atoms with Crippen molar-refractivity contribution in [2.75, 3.05) is 11.9 Å². The molecule has 0 saturated carbocycles. The first-order chi connectivity index (χ1) is 10.3. The Morgan fingerprint density at radius 1 is 1.19 bits per heavy atom. The smallest absolute Gasteiger partial charge is 0.261 e. The summed E-state index contributed by atoms with van der Waals surface area (Å²) in [6, 6.07) is 11.2. The summed E-state index contributed by atoms with van der Waals surface area (Å²) >= 11 is 0. The lowest BCUT2D eigenvalue weighted by atomic mass is 10.2. The highest BCUT2D eigenvalue weighted by Gasteiger charge is 2.05. The highest BCUT2D eigenvalue weighted by atomic mass is 16.1. The van der Waals surface area contributed by atoms with Crippen molar-refractivity contribution in [1.29, 1.82) is 0 Å². The molecule has 0 spiro atoms.